The SMILES string of the molecule is O=C(O)CCCCCN1C(=O)C(=O)/C(=C(/O)c2ccc(F)cc2)C1c1ccccc1F. The quantitative estimate of drug-likeness (QED) is 0.286. The molecule has 2 aromatic rings. The molecule has 1 atom stereocenters. The van der Waals surface area contributed by atoms with Crippen molar-refractivity contribution in [3.8, 4) is 0 Å². The molecular weight excluding hydrogens is 408 g/mol. The van der Waals surface area contributed by atoms with Crippen molar-refractivity contribution in [2.24, 2.45) is 0 Å². The van der Waals surface area contributed by atoms with Gasteiger partial charge in [0.2, 0.25) is 0 Å². The highest BCUT2D eigenvalue weighted by Gasteiger charge is 2.46. The Hall–Kier alpha value is -3.55. The maximum atomic E-state index is 14.6. The molecule has 0 aliphatic carbocycles. The van der Waals surface area contributed by atoms with Gasteiger partial charge >= 0.3 is 5.97 Å². The van der Waals surface area contributed by atoms with E-state index in [-0.39, 0.29) is 29.7 Å². The van der Waals surface area contributed by atoms with E-state index in [2.05, 4.69) is 0 Å². The largest absolute Gasteiger partial charge is 0.507 e. The van der Waals surface area contributed by atoms with E-state index in [0.717, 1.165) is 12.1 Å². The molecule has 1 unspecified atom stereocenters. The Balaban J connectivity index is 1.99. The topological polar surface area (TPSA) is 94.9 Å². The first-order valence-corrected chi connectivity index (χ1v) is 9.82. The number of aliphatic carboxylic acids is 1. The number of likely N-dealkylation sites (tertiary alicyclic amines) is 1. The van der Waals surface area contributed by atoms with Crippen LogP contribution in [0.1, 0.15) is 42.9 Å². The van der Waals surface area contributed by atoms with Gasteiger partial charge in [-0.05, 0) is 43.2 Å². The van der Waals surface area contributed by atoms with Gasteiger partial charge < -0.3 is 15.1 Å². The lowest BCUT2D eigenvalue weighted by molar-refractivity contribution is -0.140. The van der Waals surface area contributed by atoms with Gasteiger partial charge in [0.05, 0.1) is 11.6 Å². The van der Waals surface area contributed by atoms with Crippen molar-refractivity contribution < 1.29 is 33.4 Å². The third-order valence-electron chi connectivity index (χ3n) is 5.15. The number of ketones is 1. The summed E-state index contributed by atoms with van der Waals surface area (Å²) in [4.78, 5) is 37.4. The molecule has 3 rings (SSSR count). The molecule has 0 radical (unpaired) electrons. The number of aliphatic hydroxyl groups excluding tert-OH is 1. The fourth-order valence-corrected chi connectivity index (χ4v) is 3.63. The Morgan fingerprint density at radius 2 is 1.61 bits per heavy atom. The van der Waals surface area contributed by atoms with Crippen LogP contribution in [0.25, 0.3) is 5.76 Å². The molecule has 2 N–H and O–H groups in total. The highest BCUT2D eigenvalue weighted by atomic mass is 19.1. The third-order valence-corrected chi connectivity index (χ3v) is 5.15. The zero-order valence-corrected chi connectivity index (χ0v) is 16.6. The van der Waals surface area contributed by atoms with E-state index in [9.17, 15) is 28.3 Å². The molecule has 1 aliphatic rings. The smallest absolute Gasteiger partial charge is 0.303 e. The van der Waals surface area contributed by atoms with Gasteiger partial charge in [0.25, 0.3) is 11.7 Å². The fourth-order valence-electron chi connectivity index (χ4n) is 3.63. The number of rotatable bonds is 8. The summed E-state index contributed by atoms with van der Waals surface area (Å²) < 4.78 is 27.9. The Morgan fingerprint density at radius 3 is 2.26 bits per heavy atom. The van der Waals surface area contributed by atoms with Crippen molar-refractivity contribution in [2.75, 3.05) is 6.54 Å². The molecule has 1 saturated heterocycles. The predicted octanol–water partition coefficient (Wildman–Crippen LogP) is 4.03. The molecule has 8 heteroatoms. The van der Waals surface area contributed by atoms with Crippen LogP contribution in [0.5, 0.6) is 0 Å². The third kappa shape index (κ3) is 4.79. The van der Waals surface area contributed by atoms with E-state index >= 15 is 0 Å². The number of carboxylic acid groups (broad SMARTS) is 1. The zero-order valence-electron chi connectivity index (χ0n) is 16.6. The standard InChI is InChI=1S/C23H21F2NO5/c24-15-11-9-14(10-12-15)21(29)19-20(16-6-3-4-7-17(16)25)26(23(31)22(19)30)13-5-1-2-8-18(27)28/h3-4,6-7,9-12,20,29H,1-2,5,8,13H2,(H,27,28)/b21-19+. The number of carbonyl (C=O) groups is 3. The second-order valence-corrected chi connectivity index (χ2v) is 7.23. The summed E-state index contributed by atoms with van der Waals surface area (Å²) in [5, 5.41) is 19.5. The monoisotopic (exact) mass is 429 g/mol. The van der Waals surface area contributed by atoms with Crippen LogP contribution in [-0.4, -0.2) is 39.3 Å². The molecule has 0 bridgehead atoms. The van der Waals surface area contributed by atoms with Gasteiger partial charge in [-0.3, -0.25) is 14.4 Å². The number of aliphatic hydroxyl groups is 1. The number of carboxylic acids is 1. The lowest BCUT2D eigenvalue weighted by Crippen LogP contribution is -2.31. The number of carbonyl (C=O) groups excluding carboxylic acids is 2. The highest BCUT2D eigenvalue weighted by Crippen LogP contribution is 2.40. The molecule has 162 valence electrons. The van der Waals surface area contributed by atoms with Crippen LogP contribution in [0.3, 0.4) is 0 Å². The number of Topliss-reactive ketones (excluding diaryl/α,β-unsaturated/α-hetero) is 1. The van der Waals surface area contributed by atoms with Gasteiger partial charge in [-0.15, -0.1) is 0 Å². The highest BCUT2D eigenvalue weighted by molar-refractivity contribution is 6.46. The van der Waals surface area contributed by atoms with Crippen LogP contribution < -0.4 is 0 Å². The van der Waals surface area contributed by atoms with Gasteiger partial charge in [0.15, 0.2) is 0 Å². The van der Waals surface area contributed by atoms with Crippen molar-refractivity contribution >= 4 is 23.4 Å². The molecular formula is C23H21F2NO5. The molecule has 0 saturated carbocycles. The summed E-state index contributed by atoms with van der Waals surface area (Å²) >= 11 is 0. The van der Waals surface area contributed by atoms with Crippen LogP contribution in [-0.2, 0) is 14.4 Å². The van der Waals surface area contributed by atoms with E-state index in [0.29, 0.717) is 19.3 Å². The van der Waals surface area contributed by atoms with Crippen molar-refractivity contribution in [3.05, 3.63) is 76.9 Å². The summed E-state index contributed by atoms with van der Waals surface area (Å²) in [5.41, 5.74) is -0.0923. The second kappa shape index (κ2) is 9.51. The predicted molar refractivity (Wildman–Crippen MR) is 108 cm³/mol. The normalized spacial score (nSPS) is 17.9. The van der Waals surface area contributed by atoms with Crippen molar-refractivity contribution in [1.29, 1.82) is 0 Å². The summed E-state index contributed by atoms with van der Waals surface area (Å²) in [5.74, 6) is -4.46. The number of nitrogens with zero attached hydrogens (tertiary/aromatic N) is 1. The minimum atomic E-state index is -1.15. The lowest BCUT2D eigenvalue weighted by atomic mass is 9.95. The van der Waals surface area contributed by atoms with E-state index in [1.807, 2.05) is 0 Å². The van der Waals surface area contributed by atoms with E-state index in [1.165, 1.54) is 35.2 Å². The summed E-state index contributed by atoms with van der Waals surface area (Å²) in [6.07, 6.45) is 1.29. The molecule has 31 heavy (non-hydrogen) atoms. The van der Waals surface area contributed by atoms with Crippen LogP contribution in [0.4, 0.5) is 8.78 Å². The first kappa shape index (κ1) is 22.1. The number of hydrogen-bond acceptors (Lipinski definition) is 4. The molecule has 1 heterocycles. The second-order valence-electron chi connectivity index (χ2n) is 7.23. The molecule has 0 spiro atoms. The maximum Gasteiger partial charge on any atom is 0.303 e. The molecule has 0 aromatic heterocycles. The lowest BCUT2D eigenvalue weighted by Gasteiger charge is -2.25. The Kier molecular flexibility index (Phi) is 6.79. The number of benzene rings is 2. The maximum absolute atomic E-state index is 14.6. The minimum Gasteiger partial charge on any atom is -0.507 e. The van der Waals surface area contributed by atoms with Crippen LogP contribution in [0.15, 0.2) is 54.1 Å². The minimum absolute atomic E-state index is 0.0138. The molecule has 1 amide bonds. The molecule has 6 nitrogen and oxygen atoms in total. The van der Waals surface area contributed by atoms with Crippen molar-refractivity contribution in [2.45, 2.75) is 31.7 Å². The molecule has 1 aliphatic heterocycles. The van der Waals surface area contributed by atoms with Gasteiger partial charge in [-0.2, -0.15) is 0 Å². The summed E-state index contributed by atoms with van der Waals surface area (Å²) in [7, 11) is 0. The molecule has 1 fully saturated rings. The molecule has 2 aromatic carbocycles. The zero-order chi connectivity index (χ0) is 22.5. The Morgan fingerprint density at radius 1 is 0.935 bits per heavy atom. The number of amides is 1. The number of unbranched alkanes of at least 4 members (excludes halogenated alkanes) is 2. The fraction of sp³-hybridized carbons (Fsp3) is 0.261. The number of hydrogen-bond donors (Lipinski definition) is 2. The van der Waals surface area contributed by atoms with Crippen molar-refractivity contribution in [3.63, 3.8) is 0 Å². The van der Waals surface area contributed by atoms with Crippen LogP contribution in [0.2, 0.25) is 0 Å². The Labute approximate surface area is 177 Å². The van der Waals surface area contributed by atoms with Gasteiger partial charge in [0, 0.05) is 24.1 Å². The first-order valence-electron chi connectivity index (χ1n) is 9.82. The summed E-state index contributed by atoms with van der Waals surface area (Å²) in [6.45, 7) is 0.0867. The van der Waals surface area contributed by atoms with Crippen LogP contribution >= 0.6 is 0 Å². The average Bonchev–Trinajstić information content (AvgIpc) is 2.98. The first-order chi connectivity index (χ1) is 14.8. The van der Waals surface area contributed by atoms with E-state index in [4.69, 9.17) is 5.11 Å². The van der Waals surface area contributed by atoms with Gasteiger partial charge in [-0.25, -0.2) is 8.78 Å². The number of halogens is 2. The Bertz CT molecular complexity index is 1030. The van der Waals surface area contributed by atoms with Gasteiger partial charge in [0.1, 0.15) is 17.4 Å². The van der Waals surface area contributed by atoms with Gasteiger partial charge in [-0.1, -0.05) is 24.6 Å². The average molecular weight is 429 g/mol. The van der Waals surface area contributed by atoms with E-state index in [1.54, 1.807) is 6.07 Å². The van der Waals surface area contributed by atoms with E-state index < -0.39 is 41.1 Å². The summed E-state index contributed by atoms with van der Waals surface area (Å²) in [6, 6.07) is 9.25. The van der Waals surface area contributed by atoms with Crippen LogP contribution in [0, 0.1) is 11.6 Å². The van der Waals surface area contributed by atoms with Crippen molar-refractivity contribution in [1.82, 2.24) is 4.90 Å².